The number of likely N-dealkylation sites (tertiary alicyclic amines) is 1. The van der Waals surface area contributed by atoms with Gasteiger partial charge < -0.3 is 4.90 Å². The second-order valence-electron chi connectivity index (χ2n) is 5.60. The third kappa shape index (κ3) is 3.12. The molecule has 1 aliphatic heterocycles. The Morgan fingerprint density at radius 1 is 1.48 bits per heavy atom. The Bertz CT molecular complexity index is 637. The number of likely N-dealkylation sites (N-methyl/N-ethyl adjacent to an activating group) is 1. The highest BCUT2D eigenvalue weighted by molar-refractivity contribution is 7.91. The molecule has 2 heterocycles. The molecule has 0 unspecified atom stereocenters. The number of nitrogens with zero attached hydrogens (tertiary/aromatic N) is 3. The lowest BCUT2D eigenvalue weighted by Gasteiger charge is -2.20. The minimum Gasteiger partial charge on any atom is -0.341 e. The van der Waals surface area contributed by atoms with Crippen LogP contribution in [0, 0.1) is 0 Å². The van der Waals surface area contributed by atoms with Crippen molar-refractivity contribution in [2.45, 2.75) is 35.8 Å². The molecular weight excluding hydrogens is 310 g/mol. The quantitative estimate of drug-likeness (QED) is 0.788. The summed E-state index contributed by atoms with van der Waals surface area (Å²) in [5.41, 5.74) is 0. The number of aromatic nitrogens is 1. The van der Waals surface area contributed by atoms with Crippen molar-refractivity contribution in [1.29, 1.82) is 0 Å². The summed E-state index contributed by atoms with van der Waals surface area (Å²) in [7, 11) is -1.92. The van der Waals surface area contributed by atoms with Crippen LogP contribution in [0.15, 0.2) is 10.4 Å². The van der Waals surface area contributed by atoms with Crippen LogP contribution in [0.2, 0.25) is 0 Å². The van der Waals surface area contributed by atoms with E-state index in [9.17, 15) is 13.2 Å². The van der Waals surface area contributed by atoms with Gasteiger partial charge in [0.1, 0.15) is 0 Å². The Kier molecular flexibility index (Phi) is 4.02. The van der Waals surface area contributed by atoms with Gasteiger partial charge in [-0.2, -0.15) is 4.31 Å². The molecule has 1 amide bonds. The third-order valence-corrected chi connectivity index (χ3v) is 7.40. The summed E-state index contributed by atoms with van der Waals surface area (Å²) in [6.45, 7) is 1.52. The molecule has 1 aliphatic carbocycles. The lowest BCUT2D eigenvalue weighted by molar-refractivity contribution is -0.127. The van der Waals surface area contributed by atoms with Crippen molar-refractivity contribution in [2.24, 2.45) is 0 Å². The first-order chi connectivity index (χ1) is 9.98. The number of amides is 1. The van der Waals surface area contributed by atoms with Crippen molar-refractivity contribution in [2.75, 3.05) is 26.7 Å². The number of carbonyl (C=O) groups is 1. The molecule has 3 rings (SSSR count). The highest BCUT2D eigenvalue weighted by Gasteiger charge is 2.30. The second-order valence-corrected chi connectivity index (χ2v) is 8.94. The van der Waals surface area contributed by atoms with E-state index in [1.54, 1.807) is 11.9 Å². The van der Waals surface area contributed by atoms with E-state index in [1.807, 2.05) is 0 Å². The number of hydrogen-bond acceptors (Lipinski definition) is 5. The fourth-order valence-corrected chi connectivity index (χ4v) is 5.08. The normalized spacial score (nSPS) is 19.7. The van der Waals surface area contributed by atoms with E-state index >= 15 is 0 Å². The molecule has 1 aromatic rings. The van der Waals surface area contributed by atoms with Gasteiger partial charge in [0.25, 0.3) is 10.0 Å². The number of carbonyl (C=O) groups excluding carboxylic acids is 1. The Hall–Kier alpha value is -0.990. The minimum absolute atomic E-state index is 0.120. The lowest BCUT2D eigenvalue weighted by atomic mass is 10.4. The SMILES string of the molecule is CN(CCN1CCCC1=O)S(=O)(=O)c1cnc(C2CC2)s1. The molecular formula is C13H19N3O3S2. The summed E-state index contributed by atoms with van der Waals surface area (Å²) >= 11 is 1.28. The van der Waals surface area contributed by atoms with Crippen LogP contribution in [0.4, 0.5) is 0 Å². The molecule has 1 saturated heterocycles. The number of hydrogen-bond donors (Lipinski definition) is 0. The minimum atomic E-state index is -3.48. The summed E-state index contributed by atoms with van der Waals surface area (Å²) < 4.78 is 26.6. The Labute approximate surface area is 128 Å². The van der Waals surface area contributed by atoms with Gasteiger partial charge in [0.05, 0.1) is 11.2 Å². The molecule has 21 heavy (non-hydrogen) atoms. The van der Waals surface area contributed by atoms with Crippen LogP contribution in [-0.2, 0) is 14.8 Å². The highest BCUT2D eigenvalue weighted by atomic mass is 32.2. The molecule has 0 bridgehead atoms. The topological polar surface area (TPSA) is 70.6 Å². The molecule has 116 valence electrons. The van der Waals surface area contributed by atoms with Gasteiger partial charge in [-0.05, 0) is 19.3 Å². The fourth-order valence-electron chi connectivity index (χ4n) is 2.39. The maximum atomic E-state index is 12.5. The van der Waals surface area contributed by atoms with Crippen molar-refractivity contribution in [3.8, 4) is 0 Å². The van der Waals surface area contributed by atoms with Crippen LogP contribution >= 0.6 is 11.3 Å². The number of rotatable bonds is 6. The van der Waals surface area contributed by atoms with E-state index < -0.39 is 10.0 Å². The zero-order chi connectivity index (χ0) is 15.0. The number of sulfonamides is 1. The number of thiazole rings is 1. The highest BCUT2D eigenvalue weighted by Crippen LogP contribution is 2.42. The van der Waals surface area contributed by atoms with Crippen LogP contribution < -0.4 is 0 Å². The van der Waals surface area contributed by atoms with Gasteiger partial charge >= 0.3 is 0 Å². The largest absolute Gasteiger partial charge is 0.341 e. The van der Waals surface area contributed by atoms with Crippen molar-refractivity contribution in [3.05, 3.63) is 11.2 Å². The first kappa shape index (κ1) is 14.9. The molecule has 0 N–H and O–H groups in total. The van der Waals surface area contributed by atoms with E-state index in [1.165, 1.54) is 21.8 Å². The van der Waals surface area contributed by atoms with Gasteiger partial charge in [0.2, 0.25) is 5.91 Å². The van der Waals surface area contributed by atoms with Gasteiger partial charge in [-0.15, -0.1) is 11.3 Å². The molecule has 0 aromatic carbocycles. The predicted molar refractivity (Wildman–Crippen MR) is 79.7 cm³/mol. The second kappa shape index (κ2) is 5.66. The van der Waals surface area contributed by atoms with Crippen LogP contribution in [0.3, 0.4) is 0 Å². The molecule has 2 fully saturated rings. The zero-order valence-electron chi connectivity index (χ0n) is 12.0. The zero-order valence-corrected chi connectivity index (χ0v) is 13.6. The molecule has 0 radical (unpaired) electrons. The first-order valence-corrected chi connectivity index (χ1v) is 9.44. The summed E-state index contributed by atoms with van der Waals surface area (Å²) in [6, 6.07) is 0. The molecule has 2 aliphatic rings. The average Bonchev–Trinajstić information content (AvgIpc) is 3.03. The third-order valence-electron chi connectivity index (χ3n) is 3.95. The van der Waals surface area contributed by atoms with Crippen molar-refractivity contribution in [1.82, 2.24) is 14.2 Å². The average molecular weight is 329 g/mol. The summed E-state index contributed by atoms with van der Waals surface area (Å²) in [5.74, 6) is 0.584. The van der Waals surface area contributed by atoms with Crippen molar-refractivity contribution >= 4 is 27.3 Å². The van der Waals surface area contributed by atoms with Crippen LogP contribution in [-0.4, -0.2) is 55.2 Å². The van der Waals surface area contributed by atoms with Gasteiger partial charge in [-0.3, -0.25) is 4.79 Å². The van der Waals surface area contributed by atoms with Gasteiger partial charge in [0, 0.05) is 39.0 Å². The maximum absolute atomic E-state index is 12.5. The Balaban J connectivity index is 1.63. The maximum Gasteiger partial charge on any atom is 0.253 e. The standard InChI is InChI=1S/C13H19N3O3S2/c1-15(7-8-16-6-2-3-11(16)17)21(18,19)12-9-14-13(20-12)10-4-5-10/h9-10H,2-8H2,1H3. The smallest absolute Gasteiger partial charge is 0.253 e. The van der Waals surface area contributed by atoms with Gasteiger partial charge in [-0.1, -0.05) is 0 Å². The molecule has 1 aromatic heterocycles. The summed E-state index contributed by atoms with van der Waals surface area (Å²) in [4.78, 5) is 17.5. The predicted octanol–water partition coefficient (Wildman–Crippen LogP) is 1.26. The first-order valence-electron chi connectivity index (χ1n) is 7.18. The van der Waals surface area contributed by atoms with Crippen molar-refractivity contribution in [3.63, 3.8) is 0 Å². The Morgan fingerprint density at radius 2 is 2.24 bits per heavy atom. The summed E-state index contributed by atoms with van der Waals surface area (Å²) in [6.07, 6.45) is 5.13. The van der Waals surface area contributed by atoms with Crippen LogP contribution in [0.5, 0.6) is 0 Å². The van der Waals surface area contributed by atoms with Gasteiger partial charge in [-0.25, -0.2) is 13.4 Å². The molecule has 0 atom stereocenters. The molecule has 8 heteroatoms. The fraction of sp³-hybridized carbons (Fsp3) is 0.692. The van der Waals surface area contributed by atoms with E-state index in [0.29, 0.717) is 29.6 Å². The van der Waals surface area contributed by atoms with E-state index in [0.717, 1.165) is 30.8 Å². The molecule has 1 saturated carbocycles. The Morgan fingerprint density at radius 3 is 2.86 bits per heavy atom. The van der Waals surface area contributed by atoms with Crippen molar-refractivity contribution < 1.29 is 13.2 Å². The molecule has 6 nitrogen and oxygen atoms in total. The monoisotopic (exact) mass is 329 g/mol. The molecule has 0 spiro atoms. The van der Waals surface area contributed by atoms with E-state index in [2.05, 4.69) is 4.98 Å². The summed E-state index contributed by atoms with van der Waals surface area (Å²) in [5, 5.41) is 0.927. The van der Waals surface area contributed by atoms with Crippen LogP contribution in [0.1, 0.15) is 36.6 Å². The lowest BCUT2D eigenvalue weighted by Crippen LogP contribution is -2.36. The van der Waals surface area contributed by atoms with Crippen LogP contribution in [0.25, 0.3) is 0 Å². The van der Waals surface area contributed by atoms with E-state index in [4.69, 9.17) is 0 Å². The van der Waals surface area contributed by atoms with E-state index in [-0.39, 0.29) is 5.91 Å². The van der Waals surface area contributed by atoms with Gasteiger partial charge in [0.15, 0.2) is 4.21 Å².